The first-order valence-corrected chi connectivity index (χ1v) is 6.20. The Hall–Kier alpha value is -2.62. The smallest absolute Gasteiger partial charge is 0.121 e. The van der Waals surface area contributed by atoms with Crippen molar-refractivity contribution in [1.29, 1.82) is 0 Å². The highest BCUT2D eigenvalue weighted by molar-refractivity contribution is 5.94. The Labute approximate surface area is 116 Å². The Bertz CT molecular complexity index is 735. The van der Waals surface area contributed by atoms with Crippen LogP contribution in [0, 0.1) is 4.91 Å². The number of methoxy groups -OCH3 is 1. The maximum atomic E-state index is 11.1. The normalized spacial score (nSPS) is 12.6. The minimum absolute atomic E-state index is 0.203. The topological polar surface area (TPSA) is 58.9 Å². The molecule has 0 saturated carbocycles. The maximum Gasteiger partial charge on any atom is 0.121 e. The number of fused-ring (bicyclic) bond motifs is 3. The summed E-state index contributed by atoms with van der Waals surface area (Å²) in [6, 6.07) is 8.58. The van der Waals surface area contributed by atoms with Crippen molar-refractivity contribution in [3.8, 4) is 22.6 Å². The summed E-state index contributed by atoms with van der Waals surface area (Å²) in [4.78, 5) is 11.1. The summed E-state index contributed by atoms with van der Waals surface area (Å²) in [5.41, 5.74) is 4.68. The number of allylic oxidation sites excluding steroid dienone is 1. The van der Waals surface area contributed by atoms with Gasteiger partial charge in [-0.25, -0.2) is 0 Å². The van der Waals surface area contributed by atoms with Crippen LogP contribution >= 0.6 is 0 Å². The zero-order chi connectivity index (χ0) is 14.3. The number of hydrogen-bond donors (Lipinski definition) is 1. The number of phenols is 1. The third kappa shape index (κ3) is 1.77. The fraction of sp³-hybridized carbons (Fsp3) is 0.125. The summed E-state index contributed by atoms with van der Waals surface area (Å²) in [5.74, 6) is 0.788. The number of nitrogens with zero attached hydrogens (tertiary/aromatic N) is 1. The third-order valence-corrected chi connectivity index (χ3v) is 3.57. The molecule has 3 rings (SSSR count). The van der Waals surface area contributed by atoms with Crippen LogP contribution in [-0.4, -0.2) is 12.2 Å². The summed E-state index contributed by atoms with van der Waals surface area (Å²) in [6.07, 6.45) is 0.627. The van der Waals surface area contributed by atoms with Crippen LogP contribution in [0.2, 0.25) is 0 Å². The fourth-order valence-corrected chi connectivity index (χ4v) is 2.65. The molecule has 0 saturated heterocycles. The number of hydrogen-bond acceptors (Lipinski definition) is 4. The molecule has 1 aliphatic carbocycles. The predicted molar refractivity (Wildman–Crippen MR) is 78.3 cm³/mol. The second-order valence-electron chi connectivity index (χ2n) is 4.78. The molecule has 1 N–H and O–H groups in total. The molecule has 100 valence electrons. The van der Waals surface area contributed by atoms with Crippen molar-refractivity contribution in [2.24, 2.45) is 5.18 Å². The van der Waals surface area contributed by atoms with Gasteiger partial charge in [-0.2, -0.15) is 0 Å². The molecule has 20 heavy (non-hydrogen) atoms. The molecule has 4 heteroatoms. The fourth-order valence-electron chi connectivity index (χ4n) is 2.65. The van der Waals surface area contributed by atoms with Gasteiger partial charge in [-0.05, 0) is 52.1 Å². The number of aromatic hydroxyl groups is 1. The van der Waals surface area contributed by atoms with Gasteiger partial charge in [0.25, 0.3) is 0 Å². The van der Waals surface area contributed by atoms with Gasteiger partial charge < -0.3 is 9.84 Å². The van der Waals surface area contributed by atoms with Gasteiger partial charge in [0.1, 0.15) is 17.2 Å². The van der Waals surface area contributed by atoms with E-state index in [2.05, 4.69) is 11.8 Å². The van der Waals surface area contributed by atoms with Crippen LogP contribution in [0.1, 0.15) is 11.1 Å². The summed E-state index contributed by atoms with van der Waals surface area (Å²) in [6.45, 7) is 4.05. The number of nitroso groups, excluding NO2 is 1. The number of ether oxygens (including phenoxy) is 1. The summed E-state index contributed by atoms with van der Waals surface area (Å²) in [7, 11) is 1.55. The molecule has 0 bridgehead atoms. The highest BCUT2D eigenvalue weighted by atomic mass is 16.5. The van der Waals surface area contributed by atoms with Crippen molar-refractivity contribution in [3.63, 3.8) is 0 Å². The zero-order valence-corrected chi connectivity index (χ0v) is 11.0. The van der Waals surface area contributed by atoms with Crippen LogP contribution in [0.5, 0.6) is 11.5 Å². The van der Waals surface area contributed by atoms with Gasteiger partial charge in [-0.1, -0.05) is 12.6 Å². The first kappa shape index (κ1) is 12.4. The molecule has 0 aromatic heterocycles. The van der Waals surface area contributed by atoms with Crippen LogP contribution in [-0.2, 0) is 6.42 Å². The lowest BCUT2D eigenvalue weighted by molar-refractivity contribution is 0.415. The van der Waals surface area contributed by atoms with Crippen LogP contribution in [0.3, 0.4) is 0 Å². The van der Waals surface area contributed by atoms with Crippen molar-refractivity contribution in [3.05, 3.63) is 52.9 Å². The minimum atomic E-state index is 0.203. The second-order valence-corrected chi connectivity index (χ2v) is 4.78. The number of rotatable bonds is 2. The molecule has 2 aromatic rings. The van der Waals surface area contributed by atoms with Gasteiger partial charge in [0.15, 0.2) is 0 Å². The zero-order valence-electron chi connectivity index (χ0n) is 11.0. The van der Waals surface area contributed by atoms with Crippen molar-refractivity contribution in [2.75, 3.05) is 7.11 Å². The molecule has 0 amide bonds. The third-order valence-electron chi connectivity index (χ3n) is 3.57. The summed E-state index contributed by atoms with van der Waals surface area (Å²) >= 11 is 0. The van der Waals surface area contributed by atoms with E-state index in [9.17, 15) is 10.0 Å². The lowest BCUT2D eigenvalue weighted by Crippen LogP contribution is -2.03. The van der Waals surface area contributed by atoms with Crippen LogP contribution in [0.25, 0.3) is 16.7 Å². The molecular formula is C16H13NO3. The Kier molecular flexibility index (Phi) is 2.79. The molecule has 4 nitrogen and oxygen atoms in total. The van der Waals surface area contributed by atoms with E-state index in [0.717, 1.165) is 27.8 Å². The van der Waals surface area contributed by atoms with Crippen molar-refractivity contribution < 1.29 is 9.84 Å². The molecule has 0 atom stereocenters. The monoisotopic (exact) mass is 267 g/mol. The molecule has 0 unspecified atom stereocenters. The first-order chi connectivity index (χ1) is 9.63. The van der Waals surface area contributed by atoms with Gasteiger partial charge in [0, 0.05) is 11.6 Å². The average molecular weight is 267 g/mol. The molecule has 0 fully saturated rings. The van der Waals surface area contributed by atoms with E-state index in [1.165, 1.54) is 0 Å². The minimum Gasteiger partial charge on any atom is -0.508 e. The Morgan fingerprint density at radius 3 is 2.75 bits per heavy atom. The highest BCUT2D eigenvalue weighted by Crippen LogP contribution is 2.46. The maximum absolute atomic E-state index is 11.1. The van der Waals surface area contributed by atoms with E-state index in [1.807, 2.05) is 6.07 Å². The average Bonchev–Trinajstić information content (AvgIpc) is 2.46. The molecule has 0 aliphatic heterocycles. The van der Waals surface area contributed by atoms with Gasteiger partial charge in [-0.3, -0.25) is 0 Å². The number of phenolic OH excluding ortho intramolecular Hbond substituents is 1. The highest BCUT2D eigenvalue weighted by Gasteiger charge is 2.23. The van der Waals surface area contributed by atoms with E-state index >= 15 is 0 Å². The Morgan fingerprint density at radius 2 is 2.05 bits per heavy atom. The van der Waals surface area contributed by atoms with Crippen LogP contribution in [0.4, 0.5) is 5.69 Å². The van der Waals surface area contributed by atoms with Crippen molar-refractivity contribution in [1.82, 2.24) is 0 Å². The van der Waals surface area contributed by atoms with Crippen LogP contribution < -0.4 is 4.74 Å². The Morgan fingerprint density at radius 1 is 1.25 bits per heavy atom. The van der Waals surface area contributed by atoms with Gasteiger partial charge in [0.2, 0.25) is 0 Å². The van der Waals surface area contributed by atoms with Gasteiger partial charge >= 0.3 is 0 Å². The van der Waals surface area contributed by atoms with E-state index in [0.29, 0.717) is 17.9 Å². The molecular weight excluding hydrogens is 254 g/mol. The standard InChI is InChI=1S/C16H13NO3/c1-9-5-10-6-11(18)3-4-13(10)16-14(9)7-12(20-2)8-15(16)17-19/h3-4,6-8,18H,1,5H2,2H3. The summed E-state index contributed by atoms with van der Waals surface area (Å²) < 4.78 is 5.20. The largest absolute Gasteiger partial charge is 0.508 e. The predicted octanol–water partition coefficient (Wildman–Crippen LogP) is 4.04. The van der Waals surface area contributed by atoms with E-state index in [-0.39, 0.29) is 5.75 Å². The van der Waals surface area contributed by atoms with E-state index < -0.39 is 0 Å². The molecule has 2 aromatic carbocycles. The van der Waals surface area contributed by atoms with E-state index in [1.54, 1.807) is 31.4 Å². The molecule has 0 radical (unpaired) electrons. The lowest BCUT2D eigenvalue weighted by atomic mass is 9.82. The van der Waals surface area contributed by atoms with E-state index in [4.69, 9.17) is 4.74 Å². The lowest BCUT2D eigenvalue weighted by Gasteiger charge is -2.23. The quantitative estimate of drug-likeness (QED) is 0.835. The van der Waals surface area contributed by atoms with Crippen LogP contribution in [0.15, 0.2) is 42.1 Å². The number of benzene rings is 2. The SMILES string of the molecule is C=C1Cc2cc(O)ccc2-c2c(N=O)cc(OC)cc21. The van der Waals surface area contributed by atoms with Crippen molar-refractivity contribution >= 4 is 11.3 Å². The van der Waals surface area contributed by atoms with Gasteiger partial charge in [-0.15, -0.1) is 4.91 Å². The first-order valence-electron chi connectivity index (χ1n) is 6.20. The molecule has 0 spiro atoms. The molecule has 1 aliphatic rings. The van der Waals surface area contributed by atoms with Crippen molar-refractivity contribution in [2.45, 2.75) is 6.42 Å². The summed E-state index contributed by atoms with van der Waals surface area (Å²) in [5, 5.41) is 12.7. The Balaban J connectivity index is 2.35. The van der Waals surface area contributed by atoms with Gasteiger partial charge in [0.05, 0.1) is 7.11 Å². The second kappa shape index (κ2) is 4.49. The molecule has 0 heterocycles.